The van der Waals surface area contributed by atoms with Gasteiger partial charge < -0.3 is 20.3 Å². The zero-order valence-corrected chi connectivity index (χ0v) is 12.1. The highest BCUT2D eigenvalue weighted by Crippen LogP contribution is 2.22. The molecular weight excluding hydrogens is 266 g/mol. The lowest BCUT2D eigenvalue weighted by atomic mass is 10.2. The topological polar surface area (TPSA) is 67.5 Å². The molecule has 0 amide bonds. The van der Waals surface area contributed by atoms with Gasteiger partial charge in [-0.2, -0.15) is 0 Å². The number of nitrogen functional groups attached to an aromatic ring is 1. The van der Waals surface area contributed by atoms with Crippen molar-refractivity contribution >= 4 is 17.3 Å². The second-order valence-electron chi connectivity index (χ2n) is 4.97. The number of hydrogen-bond acceptors (Lipinski definition) is 6. The van der Waals surface area contributed by atoms with E-state index in [1.54, 1.807) is 7.11 Å². The van der Waals surface area contributed by atoms with Crippen LogP contribution in [0.2, 0.25) is 0 Å². The molecule has 2 heterocycles. The Bertz CT molecular complexity index is 593. The van der Waals surface area contributed by atoms with Crippen LogP contribution in [-0.4, -0.2) is 43.3 Å². The highest BCUT2D eigenvalue weighted by molar-refractivity contribution is 5.52. The minimum atomic E-state index is 0.512. The highest BCUT2D eigenvalue weighted by atomic mass is 16.5. The predicted molar refractivity (Wildman–Crippen MR) is 83.9 cm³/mol. The largest absolute Gasteiger partial charge is 0.497 e. The zero-order chi connectivity index (χ0) is 14.7. The van der Waals surface area contributed by atoms with E-state index in [1.807, 2.05) is 18.2 Å². The Balaban J connectivity index is 1.64. The van der Waals surface area contributed by atoms with Crippen molar-refractivity contribution in [3.63, 3.8) is 0 Å². The van der Waals surface area contributed by atoms with E-state index in [0.29, 0.717) is 5.82 Å². The monoisotopic (exact) mass is 285 g/mol. The third-order valence-corrected chi connectivity index (χ3v) is 3.72. The van der Waals surface area contributed by atoms with Gasteiger partial charge in [0.25, 0.3) is 0 Å². The molecule has 0 spiro atoms. The Morgan fingerprint density at radius 3 is 2.29 bits per heavy atom. The summed E-state index contributed by atoms with van der Waals surface area (Å²) in [6, 6.07) is 10.00. The lowest BCUT2D eigenvalue weighted by molar-refractivity contribution is 0.415. The number of nitrogens with zero attached hydrogens (tertiary/aromatic N) is 4. The summed E-state index contributed by atoms with van der Waals surface area (Å²) in [5.74, 6) is 2.29. The molecular formula is C15H19N5O. The molecule has 0 radical (unpaired) electrons. The molecule has 1 fully saturated rings. The van der Waals surface area contributed by atoms with Crippen molar-refractivity contribution in [1.29, 1.82) is 0 Å². The molecule has 0 atom stereocenters. The van der Waals surface area contributed by atoms with Crippen LogP contribution in [0, 0.1) is 0 Å². The molecule has 0 aliphatic carbocycles. The van der Waals surface area contributed by atoms with E-state index in [4.69, 9.17) is 10.5 Å². The summed E-state index contributed by atoms with van der Waals surface area (Å²) < 4.78 is 5.19. The Labute approximate surface area is 124 Å². The van der Waals surface area contributed by atoms with Crippen molar-refractivity contribution < 1.29 is 4.74 Å². The smallest absolute Gasteiger partial charge is 0.134 e. The van der Waals surface area contributed by atoms with Crippen LogP contribution >= 0.6 is 0 Å². The molecule has 6 nitrogen and oxygen atoms in total. The van der Waals surface area contributed by atoms with Crippen molar-refractivity contribution in [3.8, 4) is 5.75 Å². The molecule has 1 saturated heterocycles. The van der Waals surface area contributed by atoms with Crippen LogP contribution in [0.3, 0.4) is 0 Å². The first-order chi connectivity index (χ1) is 10.3. The van der Waals surface area contributed by atoms with Crippen molar-refractivity contribution in [1.82, 2.24) is 9.97 Å². The summed E-state index contributed by atoms with van der Waals surface area (Å²) in [5, 5.41) is 0. The molecule has 2 aromatic rings. The van der Waals surface area contributed by atoms with Crippen LogP contribution in [-0.2, 0) is 0 Å². The average molecular weight is 285 g/mol. The van der Waals surface area contributed by atoms with Gasteiger partial charge in [-0.3, -0.25) is 0 Å². The van der Waals surface area contributed by atoms with E-state index in [0.717, 1.165) is 37.7 Å². The highest BCUT2D eigenvalue weighted by Gasteiger charge is 2.18. The van der Waals surface area contributed by atoms with Crippen molar-refractivity contribution in [3.05, 3.63) is 36.7 Å². The first-order valence-corrected chi connectivity index (χ1v) is 6.98. The number of benzene rings is 1. The van der Waals surface area contributed by atoms with Crippen LogP contribution in [0.15, 0.2) is 36.7 Å². The second-order valence-corrected chi connectivity index (χ2v) is 4.97. The number of rotatable bonds is 3. The van der Waals surface area contributed by atoms with Gasteiger partial charge >= 0.3 is 0 Å². The SMILES string of the molecule is COc1ccc(N2CCN(c3cc(N)ncn3)CC2)cc1. The lowest BCUT2D eigenvalue weighted by Crippen LogP contribution is -2.46. The van der Waals surface area contributed by atoms with Crippen molar-refractivity contribution in [2.24, 2.45) is 0 Å². The number of anilines is 3. The van der Waals surface area contributed by atoms with Crippen molar-refractivity contribution in [2.45, 2.75) is 0 Å². The maximum absolute atomic E-state index is 5.71. The van der Waals surface area contributed by atoms with E-state index < -0.39 is 0 Å². The number of aromatic nitrogens is 2. The Hall–Kier alpha value is -2.50. The third kappa shape index (κ3) is 2.99. The first kappa shape index (κ1) is 13.5. The summed E-state index contributed by atoms with van der Waals surface area (Å²) in [5.41, 5.74) is 6.93. The van der Waals surface area contributed by atoms with E-state index in [1.165, 1.54) is 12.0 Å². The van der Waals surface area contributed by atoms with Crippen LogP contribution in [0.4, 0.5) is 17.3 Å². The molecule has 0 unspecified atom stereocenters. The van der Waals surface area contributed by atoms with E-state index in [9.17, 15) is 0 Å². The fourth-order valence-corrected chi connectivity index (χ4v) is 2.52. The van der Waals surface area contributed by atoms with Gasteiger partial charge in [0.1, 0.15) is 23.7 Å². The van der Waals surface area contributed by atoms with Crippen LogP contribution in [0.5, 0.6) is 5.75 Å². The number of methoxy groups -OCH3 is 1. The maximum atomic E-state index is 5.71. The summed E-state index contributed by atoms with van der Waals surface area (Å²) >= 11 is 0. The fraction of sp³-hybridized carbons (Fsp3) is 0.333. The summed E-state index contributed by atoms with van der Waals surface area (Å²) in [6.45, 7) is 3.75. The van der Waals surface area contributed by atoms with Gasteiger partial charge in [0.2, 0.25) is 0 Å². The van der Waals surface area contributed by atoms with Gasteiger partial charge in [0.05, 0.1) is 7.11 Å². The summed E-state index contributed by atoms with van der Waals surface area (Å²) in [6.07, 6.45) is 1.51. The van der Waals surface area contributed by atoms with Crippen LogP contribution in [0.25, 0.3) is 0 Å². The normalized spacial score (nSPS) is 15.1. The molecule has 1 aliphatic heterocycles. The molecule has 1 aromatic heterocycles. The Morgan fingerprint density at radius 2 is 1.67 bits per heavy atom. The molecule has 0 saturated carbocycles. The quantitative estimate of drug-likeness (QED) is 0.919. The van der Waals surface area contributed by atoms with Crippen molar-refractivity contribution in [2.75, 3.05) is 48.8 Å². The fourth-order valence-electron chi connectivity index (χ4n) is 2.52. The summed E-state index contributed by atoms with van der Waals surface area (Å²) in [7, 11) is 1.68. The lowest BCUT2D eigenvalue weighted by Gasteiger charge is -2.36. The van der Waals surface area contributed by atoms with Crippen LogP contribution in [0.1, 0.15) is 0 Å². The van der Waals surface area contributed by atoms with E-state index in [2.05, 4.69) is 31.9 Å². The van der Waals surface area contributed by atoms with Crippen LogP contribution < -0.4 is 20.3 Å². The molecule has 21 heavy (non-hydrogen) atoms. The molecule has 3 rings (SSSR count). The van der Waals surface area contributed by atoms with Gasteiger partial charge in [-0.1, -0.05) is 0 Å². The van der Waals surface area contributed by atoms with E-state index >= 15 is 0 Å². The number of ether oxygens (including phenoxy) is 1. The van der Waals surface area contributed by atoms with E-state index in [-0.39, 0.29) is 0 Å². The molecule has 6 heteroatoms. The Kier molecular flexibility index (Phi) is 3.77. The van der Waals surface area contributed by atoms with Gasteiger partial charge in [-0.25, -0.2) is 9.97 Å². The maximum Gasteiger partial charge on any atom is 0.134 e. The minimum Gasteiger partial charge on any atom is -0.497 e. The first-order valence-electron chi connectivity index (χ1n) is 6.98. The Morgan fingerprint density at radius 1 is 1.00 bits per heavy atom. The van der Waals surface area contributed by atoms with Gasteiger partial charge in [0, 0.05) is 37.9 Å². The summed E-state index contributed by atoms with van der Waals surface area (Å²) in [4.78, 5) is 12.8. The molecule has 110 valence electrons. The number of nitrogens with two attached hydrogens (primary N) is 1. The number of hydrogen-bond donors (Lipinski definition) is 1. The second kappa shape index (κ2) is 5.87. The molecule has 1 aromatic carbocycles. The van der Waals surface area contributed by atoms with Gasteiger partial charge in [-0.15, -0.1) is 0 Å². The zero-order valence-electron chi connectivity index (χ0n) is 12.1. The molecule has 2 N–H and O–H groups in total. The molecule has 0 bridgehead atoms. The minimum absolute atomic E-state index is 0.512. The third-order valence-electron chi connectivity index (χ3n) is 3.72. The average Bonchev–Trinajstić information content (AvgIpc) is 2.55. The van der Waals surface area contributed by atoms with Gasteiger partial charge in [-0.05, 0) is 24.3 Å². The standard InChI is InChI=1S/C15H19N5O/c1-21-13-4-2-12(3-5-13)19-6-8-20(9-7-19)15-10-14(16)17-11-18-15/h2-5,10-11H,6-9H2,1H3,(H2,16,17,18). The molecule has 1 aliphatic rings. The predicted octanol–water partition coefficient (Wildman–Crippen LogP) is 1.39. The number of piperazine rings is 1. The van der Waals surface area contributed by atoms with Gasteiger partial charge in [0.15, 0.2) is 0 Å².